The second-order valence-corrected chi connectivity index (χ2v) is 10.9. The van der Waals surface area contributed by atoms with Gasteiger partial charge in [0.15, 0.2) is 29.6 Å². The van der Waals surface area contributed by atoms with Crippen LogP contribution in [-0.2, 0) is 27.4 Å². The molecule has 0 saturated heterocycles. The van der Waals surface area contributed by atoms with Gasteiger partial charge >= 0.3 is 12.0 Å². The van der Waals surface area contributed by atoms with Gasteiger partial charge in [0.25, 0.3) is 11.6 Å². The smallest absolute Gasteiger partial charge is 0.338 e. The van der Waals surface area contributed by atoms with Gasteiger partial charge in [-0.25, -0.2) is 15.0 Å². The van der Waals surface area contributed by atoms with Crippen molar-refractivity contribution in [2.24, 2.45) is 5.10 Å². The van der Waals surface area contributed by atoms with Gasteiger partial charge in [-0.1, -0.05) is 12.1 Å². The highest BCUT2D eigenvalue weighted by molar-refractivity contribution is 5.95. The summed E-state index contributed by atoms with van der Waals surface area (Å²) in [6, 6.07) is 13.2. The molecule has 3 N–H and O–H groups in total. The highest BCUT2D eigenvalue weighted by Crippen LogP contribution is 2.36. The highest BCUT2D eigenvalue weighted by atomic mass is 16.6. The van der Waals surface area contributed by atoms with Gasteiger partial charge in [0.2, 0.25) is 0 Å². The predicted octanol–water partition coefficient (Wildman–Crippen LogP) is 5.03. The molecule has 0 radical (unpaired) electrons. The number of carbonyl (C=O) groups is 3. The molecule has 3 amide bonds. The Morgan fingerprint density at radius 2 is 1.78 bits per heavy atom. The Labute approximate surface area is 294 Å². The Morgan fingerprint density at radius 1 is 1.02 bits per heavy atom. The lowest BCUT2D eigenvalue weighted by Crippen LogP contribution is -2.45. The molecule has 3 aromatic carbocycles. The van der Waals surface area contributed by atoms with E-state index in [1.54, 1.807) is 56.3 Å². The first-order valence-corrected chi connectivity index (χ1v) is 15.9. The van der Waals surface area contributed by atoms with Crippen molar-refractivity contribution in [1.82, 2.24) is 16.1 Å². The molecule has 1 heterocycles. The minimum absolute atomic E-state index is 0.0119. The third-order valence-electron chi connectivity index (χ3n) is 7.40. The molecule has 3 aromatic rings. The number of hydrazone groups is 1. The van der Waals surface area contributed by atoms with Crippen molar-refractivity contribution in [3.8, 4) is 23.0 Å². The average Bonchev–Trinajstić information content (AvgIpc) is 3.10. The third-order valence-corrected chi connectivity index (χ3v) is 7.40. The number of urea groups is 1. The van der Waals surface area contributed by atoms with Crippen LogP contribution in [-0.4, -0.2) is 56.0 Å². The van der Waals surface area contributed by atoms with Gasteiger partial charge in [-0.05, 0) is 80.3 Å². The number of rotatable bonds is 17. The maximum atomic E-state index is 12.7. The Morgan fingerprint density at radius 3 is 2.45 bits per heavy atom. The van der Waals surface area contributed by atoms with Crippen LogP contribution in [0.2, 0.25) is 0 Å². The molecule has 0 spiro atoms. The van der Waals surface area contributed by atoms with E-state index in [4.69, 9.17) is 23.7 Å². The number of hydrogen-bond acceptors (Lipinski definition) is 11. The predicted molar refractivity (Wildman–Crippen MR) is 187 cm³/mol. The van der Waals surface area contributed by atoms with E-state index >= 15 is 0 Å². The van der Waals surface area contributed by atoms with Crippen LogP contribution < -0.4 is 35.0 Å². The third kappa shape index (κ3) is 9.84. The SMILES string of the molecule is C=CCc1cc(/C=N\NC(=O)COc2ccc([C@@H]3NC(=O)NC(C)=C3C(=O)OCC)cc2OC)cc(OCC)c1OCc1ccc([N+](=O)[O-])cc1. The summed E-state index contributed by atoms with van der Waals surface area (Å²) in [5, 5.41) is 20.4. The summed E-state index contributed by atoms with van der Waals surface area (Å²) in [5.41, 5.74) is 5.69. The Kier molecular flexibility index (Phi) is 13.1. The number of esters is 1. The molecule has 0 fully saturated rings. The van der Waals surface area contributed by atoms with E-state index in [9.17, 15) is 24.5 Å². The van der Waals surface area contributed by atoms with Crippen molar-refractivity contribution >= 4 is 29.8 Å². The highest BCUT2D eigenvalue weighted by Gasteiger charge is 2.32. The monoisotopic (exact) mass is 701 g/mol. The van der Waals surface area contributed by atoms with Crippen LogP contribution in [0.25, 0.3) is 0 Å². The van der Waals surface area contributed by atoms with Crippen molar-refractivity contribution in [3.05, 3.63) is 111 Å². The van der Waals surface area contributed by atoms with Crippen molar-refractivity contribution in [2.45, 2.75) is 39.8 Å². The topological polar surface area (TPSA) is 189 Å². The number of nitrogens with one attached hydrogen (secondary N) is 3. The van der Waals surface area contributed by atoms with Crippen molar-refractivity contribution in [3.63, 3.8) is 0 Å². The van der Waals surface area contributed by atoms with E-state index in [1.807, 2.05) is 13.0 Å². The van der Waals surface area contributed by atoms with Crippen LogP contribution in [0.1, 0.15) is 49.1 Å². The van der Waals surface area contributed by atoms with Crippen molar-refractivity contribution in [1.29, 1.82) is 0 Å². The van der Waals surface area contributed by atoms with Crippen LogP contribution in [0, 0.1) is 10.1 Å². The number of hydrogen-bond donors (Lipinski definition) is 3. The van der Waals surface area contributed by atoms with Crippen molar-refractivity contribution in [2.75, 3.05) is 26.9 Å². The Balaban J connectivity index is 1.42. The minimum atomic E-state index is -0.802. The Hall–Kier alpha value is -6.38. The lowest BCUT2D eigenvalue weighted by Gasteiger charge is -2.28. The van der Waals surface area contributed by atoms with Crippen LogP contribution in [0.15, 0.2) is 83.6 Å². The summed E-state index contributed by atoms with van der Waals surface area (Å²) in [7, 11) is 1.42. The minimum Gasteiger partial charge on any atom is -0.493 e. The fraction of sp³-hybridized carbons (Fsp3) is 0.278. The molecule has 1 atom stereocenters. The number of nitrogens with zero attached hydrogens (tertiary/aromatic N) is 2. The molecule has 0 aliphatic carbocycles. The molecule has 0 unspecified atom stereocenters. The van der Waals surface area contributed by atoms with Gasteiger partial charge < -0.3 is 34.3 Å². The molecule has 1 aliphatic rings. The lowest BCUT2D eigenvalue weighted by atomic mass is 9.95. The quantitative estimate of drug-likeness (QED) is 0.0566. The first-order valence-electron chi connectivity index (χ1n) is 15.9. The molecule has 4 rings (SSSR count). The molecule has 0 bridgehead atoms. The van der Waals surface area contributed by atoms with Crippen LogP contribution >= 0.6 is 0 Å². The zero-order chi connectivity index (χ0) is 36.9. The number of nitro benzene ring substituents is 1. The number of methoxy groups -OCH3 is 1. The maximum Gasteiger partial charge on any atom is 0.338 e. The first kappa shape index (κ1) is 37.4. The molecule has 0 aromatic heterocycles. The summed E-state index contributed by atoms with van der Waals surface area (Å²) in [4.78, 5) is 48.0. The van der Waals surface area contributed by atoms with Gasteiger partial charge in [0.1, 0.15) is 6.61 Å². The number of non-ortho nitro benzene ring substituents is 1. The molecule has 0 saturated carbocycles. The number of allylic oxidation sites excluding steroid dienone is 2. The van der Waals surface area contributed by atoms with E-state index < -0.39 is 35.5 Å². The summed E-state index contributed by atoms with van der Waals surface area (Å²) >= 11 is 0. The lowest BCUT2D eigenvalue weighted by molar-refractivity contribution is -0.384. The normalized spacial score (nSPS) is 13.9. The van der Waals surface area contributed by atoms with E-state index in [1.165, 1.54) is 25.5 Å². The van der Waals surface area contributed by atoms with Gasteiger partial charge in [-0.15, -0.1) is 6.58 Å². The van der Waals surface area contributed by atoms with E-state index in [0.29, 0.717) is 41.4 Å². The average molecular weight is 702 g/mol. The van der Waals surface area contributed by atoms with Gasteiger partial charge in [-0.3, -0.25) is 14.9 Å². The van der Waals surface area contributed by atoms with Crippen molar-refractivity contribution < 1.29 is 43.0 Å². The molecule has 15 heteroatoms. The molecule has 51 heavy (non-hydrogen) atoms. The molecule has 268 valence electrons. The van der Waals surface area contributed by atoms with Crippen LogP contribution in [0.3, 0.4) is 0 Å². The number of nitro groups is 1. The van der Waals surface area contributed by atoms with Crippen LogP contribution in [0.5, 0.6) is 23.0 Å². The fourth-order valence-electron chi connectivity index (χ4n) is 5.12. The van der Waals surface area contributed by atoms with E-state index in [-0.39, 0.29) is 36.0 Å². The maximum absolute atomic E-state index is 12.7. The Bertz CT molecular complexity index is 1840. The second kappa shape index (κ2) is 17.9. The number of benzene rings is 3. The molecular formula is C36H39N5O10. The number of carbonyl (C=O) groups excluding carboxylic acids is 3. The zero-order valence-electron chi connectivity index (χ0n) is 28.6. The summed E-state index contributed by atoms with van der Waals surface area (Å²) in [6.07, 6.45) is 3.61. The first-order chi connectivity index (χ1) is 24.6. The second-order valence-electron chi connectivity index (χ2n) is 10.9. The summed E-state index contributed by atoms with van der Waals surface area (Å²) < 4.78 is 28.3. The van der Waals surface area contributed by atoms with Gasteiger partial charge in [-0.2, -0.15) is 5.10 Å². The fourth-order valence-corrected chi connectivity index (χ4v) is 5.12. The van der Waals surface area contributed by atoms with Gasteiger partial charge in [0, 0.05) is 23.4 Å². The summed E-state index contributed by atoms with van der Waals surface area (Å²) in [5.74, 6) is 0.347. The molecular weight excluding hydrogens is 662 g/mol. The molecule has 1 aliphatic heterocycles. The van der Waals surface area contributed by atoms with Crippen LogP contribution in [0.4, 0.5) is 10.5 Å². The molecule has 15 nitrogen and oxygen atoms in total. The zero-order valence-corrected chi connectivity index (χ0v) is 28.6. The van der Waals surface area contributed by atoms with E-state index in [0.717, 1.165) is 11.1 Å². The summed E-state index contributed by atoms with van der Waals surface area (Å²) in [6.45, 7) is 9.24. The standard InChI is InChI=1S/C36H39N5O10/c1-6-9-26-16-24(17-30(48-7-2)34(26)51-20-23-10-13-27(14-11-23)41(45)46)19-37-40-31(42)21-50-28-15-12-25(18-29(28)47-5)33-32(35(43)49-8-3)22(4)38-36(44)39-33/h6,10-19,33H,1,7-9,20-21H2,2-5H3,(H,40,42)(H2,38,39,44)/b37-19-/t33-/m0/s1. The van der Waals surface area contributed by atoms with Gasteiger partial charge in [0.05, 0.1) is 43.1 Å². The number of ether oxygens (including phenoxy) is 5. The number of amides is 3. The van der Waals surface area contributed by atoms with E-state index in [2.05, 4.69) is 27.7 Å². The largest absolute Gasteiger partial charge is 0.493 e.